The number of aromatic nitrogens is 4. The van der Waals surface area contributed by atoms with E-state index in [4.69, 9.17) is 15.0 Å². The van der Waals surface area contributed by atoms with Gasteiger partial charge >= 0.3 is 21.1 Å². The minimum atomic E-state index is -0.134. The first-order chi connectivity index (χ1) is 29.9. The second-order valence-corrected chi connectivity index (χ2v) is 18.2. The summed E-state index contributed by atoms with van der Waals surface area (Å²) in [5.41, 5.74) is 15.8. The predicted octanol–water partition coefficient (Wildman–Crippen LogP) is 14.3. The average molecular weight is 995 g/mol. The zero-order chi connectivity index (χ0) is 42.8. The monoisotopic (exact) mass is 994 g/mol. The van der Waals surface area contributed by atoms with Crippen molar-refractivity contribution in [1.29, 1.82) is 5.26 Å². The molecule has 0 N–H and O–H groups in total. The van der Waals surface area contributed by atoms with Gasteiger partial charge in [-0.15, -0.1) is 34.8 Å². The van der Waals surface area contributed by atoms with E-state index >= 15 is 0 Å². The molecule has 10 rings (SSSR count). The van der Waals surface area contributed by atoms with Gasteiger partial charge in [-0.2, -0.15) is 5.26 Å². The number of fused-ring (bicyclic) bond motifs is 4. The van der Waals surface area contributed by atoms with E-state index < -0.39 is 0 Å². The van der Waals surface area contributed by atoms with Gasteiger partial charge in [-0.25, -0.2) is 4.98 Å². The Labute approximate surface area is 383 Å². The maximum absolute atomic E-state index is 10.4. The third-order valence-corrected chi connectivity index (χ3v) is 12.0. The molecular formula is C57H45N5Pt. The molecule has 63 heavy (non-hydrogen) atoms. The average Bonchev–Trinajstić information content (AvgIpc) is 3.87. The number of nitriles is 1. The minimum Gasteiger partial charge on any atom is -0.656 e. The topological polar surface area (TPSA) is 68.6 Å². The molecule has 3 aromatic heterocycles. The quantitative estimate of drug-likeness (QED) is 0.156. The van der Waals surface area contributed by atoms with Crippen LogP contribution in [-0.4, -0.2) is 14.5 Å². The van der Waals surface area contributed by atoms with Crippen molar-refractivity contribution in [3.63, 3.8) is 0 Å². The molecule has 5 nitrogen and oxygen atoms in total. The Morgan fingerprint density at radius 2 is 1.24 bits per heavy atom. The first kappa shape index (κ1) is 41.5. The normalized spacial score (nSPS) is 11.8. The van der Waals surface area contributed by atoms with Crippen molar-refractivity contribution in [1.82, 2.24) is 19.5 Å². The smallest absolute Gasteiger partial charge is 0.656 e. The van der Waals surface area contributed by atoms with Crippen LogP contribution in [0.25, 0.3) is 94.6 Å². The van der Waals surface area contributed by atoms with Crippen LogP contribution in [0.5, 0.6) is 0 Å². The van der Waals surface area contributed by atoms with Gasteiger partial charge in [-0.05, 0) is 68.1 Å². The third kappa shape index (κ3) is 7.60. The largest absolute Gasteiger partial charge is 2.00 e. The molecule has 7 aromatic carbocycles. The number of rotatable bonds is 6. The van der Waals surface area contributed by atoms with Crippen molar-refractivity contribution in [2.45, 2.75) is 52.4 Å². The van der Waals surface area contributed by atoms with Gasteiger partial charge in [-0.1, -0.05) is 180 Å². The van der Waals surface area contributed by atoms with Crippen molar-refractivity contribution < 1.29 is 21.1 Å². The molecule has 0 fully saturated rings. The molecule has 0 spiro atoms. The van der Waals surface area contributed by atoms with Crippen LogP contribution in [0.15, 0.2) is 164 Å². The third-order valence-electron chi connectivity index (χ3n) is 12.0. The first-order valence-electron chi connectivity index (χ1n) is 21.2. The van der Waals surface area contributed by atoms with Crippen LogP contribution in [0.2, 0.25) is 0 Å². The molecule has 0 unspecified atom stereocenters. The number of hydrogen-bond donors (Lipinski definition) is 0. The summed E-state index contributed by atoms with van der Waals surface area (Å²) >= 11 is 0. The van der Waals surface area contributed by atoms with Gasteiger partial charge in [0.2, 0.25) is 0 Å². The molecule has 0 saturated heterocycles. The van der Waals surface area contributed by atoms with E-state index in [0.717, 1.165) is 88.9 Å². The SMILES string of the molecule is CC(C)(C)c1ccc2[n-]c3c(-c4nc5c(-c6[c-]c(-c7cc(C#N)c(-c8ccccc8)cn7)cc(-c7ccccc7)c6)cccc5n4-c4ccccc4)cc(C(C)(C)C)cc3c2c1.[Pt+2]. The molecule has 0 aliphatic rings. The predicted molar refractivity (Wildman–Crippen MR) is 255 cm³/mol. The number of para-hydroxylation sites is 2. The summed E-state index contributed by atoms with van der Waals surface area (Å²) in [4.78, 5) is 16.0. The molecule has 10 aromatic rings. The summed E-state index contributed by atoms with van der Waals surface area (Å²) < 4.78 is 2.28. The fourth-order valence-electron chi connectivity index (χ4n) is 8.53. The fourth-order valence-corrected chi connectivity index (χ4v) is 8.53. The summed E-state index contributed by atoms with van der Waals surface area (Å²) in [6.07, 6.45) is 1.80. The second-order valence-electron chi connectivity index (χ2n) is 18.2. The molecule has 0 atom stereocenters. The van der Waals surface area contributed by atoms with Crippen LogP contribution in [0.4, 0.5) is 0 Å². The van der Waals surface area contributed by atoms with E-state index in [1.165, 1.54) is 11.1 Å². The minimum absolute atomic E-state index is 0. The van der Waals surface area contributed by atoms with Gasteiger partial charge in [0.05, 0.1) is 22.7 Å². The summed E-state index contributed by atoms with van der Waals surface area (Å²) in [6.45, 7) is 13.6. The first-order valence-corrected chi connectivity index (χ1v) is 21.2. The Kier molecular flexibility index (Phi) is 10.6. The van der Waals surface area contributed by atoms with Gasteiger partial charge in [-0.3, -0.25) is 9.55 Å². The number of pyridine rings is 1. The molecule has 6 heteroatoms. The Morgan fingerprint density at radius 1 is 0.587 bits per heavy atom. The van der Waals surface area contributed by atoms with Gasteiger partial charge in [0.15, 0.2) is 0 Å². The molecule has 0 aliphatic carbocycles. The number of benzene rings is 7. The van der Waals surface area contributed by atoms with E-state index in [1.54, 1.807) is 6.20 Å². The van der Waals surface area contributed by atoms with Gasteiger partial charge in [0.1, 0.15) is 5.82 Å². The van der Waals surface area contributed by atoms with Crippen LogP contribution in [0, 0.1) is 17.4 Å². The maximum atomic E-state index is 10.4. The van der Waals surface area contributed by atoms with Crippen molar-refractivity contribution in [3.05, 3.63) is 187 Å². The molecular weight excluding hydrogens is 950 g/mol. The molecule has 0 aliphatic heterocycles. The summed E-state index contributed by atoms with van der Waals surface area (Å²) in [5.74, 6) is 0.824. The Hall–Kier alpha value is -6.86. The van der Waals surface area contributed by atoms with Crippen molar-refractivity contribution in [2.75, 3.05) is 0 Å². The number of hydrogen-bond acceptors (Lipinski definition) is 3. The molecule has 308 valence electrons. The number of imidazole rings is 1. The van der Waals surface area contributed by atoms with E-state index in [0.29, 0.717) is 11.3 Å². The Bertz CT molecular complexity index is 3360. The summed E-state index contributed by atoms with van der Waals surface area (Å²) in [7, 11) is 0. The second kappa shape index (κ2) is 16.1. The molecule has 0 bridgehead atoms. The maximum Gasteiger partial charge on any atom is 2.00 e. The van der Waals surface area contributed by atoms with E-state index in [9.17, 15) is 5.26 Å². The van der Waals surface area contributed by atoms with Crippen molar-refractivity contribution in [2.24, 2.45) is 0 Å². The van der Waals surface area contributed by atoms with E-state index in [2.05, 4.69) is 167 Å². The molecule has 0 radical (unpaired) electrons. The van der Waals surface area contributed by atoms with Gasteiger partial charge in [0, 0.05) is 28.7 Å². The molecule has 3 heterocycles. The zero-order valence-corrected chi connectivity index (χ0v) is 38.4. The van der Waals surface area contributed by atoms with Crippen LogP contribution >= 0.6 is 0 Å². The molecule has 0 amide bonds. The van der Waals surface area contributed by atoms with Crippen molar-refractivity contribution in [3.8, 4) is 67.8 Å². The van der Waals surface area contributed by atoms with Crippen LogP contribution in [0.3, 0.4) is 0 Å². The van der Waals surface area contributed by atoms with Crippen LogP contribution in [-0.2, 0) is 31.9 Å². The Morgan fingerprint density at radius 3 is 1.92 bits per heavy atom. The molecule has 0 saturated carbocycles. The zero-order valence-electron chi connectivity index (χ0n) is 36.1. The standard InChI is InChI=1S/C57H45N5.Pt/c1-56(2,3)42-25-26-50-46(31-42)47-32-43(57(4,5)6)33-48(53(47)60-50)55-61-54-45(23-16-24-52(54)62(55)44-21-14-9-15-22-44)39-27-38(36-17-10-7-11-18-36)28-40(29-39)51-30-41(34-58)49(35-59-51)37-19-12-8-13-20-37;/h7-28,30-33,35H,1-6H3;/q-2;+2. The number of nitrogens with zero attached hydrogens (tertiary/aromatic N) is 5. The van der Waals surface area contributed by atoms with Gasteiger partial charge in [0.25, 0.3) is 0 Å². The van der Waals surface area contributed by atoms with Crippen LogP contribution in [0.1, 0.15) is 58.2 Å². The fraction of sp³-hybridized carbons (Fsp3) is 0.140. The summed E-state index contributed by atoms with van der Waals surface area (Å²) in [5, 5.41) is 12.7. The van der Waals surface area contributed by atoms with E-state index in [1.807, 2.05) is 48.5 Å². The Balaban J connectivity index is 0.00000504. The van der Waals surface area contributed by atoms with Crippen LogP contribution < -0.4 is 4.98 Å². The van der Waals surface area contributed by atoms with Gasteiger partial charge < -0.3 is 4.98 Å². The van der Waals surface area contributed by atoms with E-state index in [-0.39, 0.29) is 31.9 Å². The summed E-state index contributed by atoms with van der Waals surface area (Å²) in [6, 6.07) is 60.9. The van der Waals surface area contributed by atoms with Crippen molar-refractivity contribution >= 4 is 32.8 Å².